The lowest BCUT2D eigenvalue weighted by molar-refractivity contribution is -0.150. The predicted molar refractivity (Wildman–Crippen MR) is 80.2 cm³/mol. The standard InChI is InChI=1S/C14H19ClO5S/c1-4-6-11-9-12(21(15,17)18)7-8-13(11)20-10(3)14(16)19-5-2/h7-10H,4-6H2,1-3H3. The number of rotatable bonds is 7. The van der Waals surface area contributed by atoms with Gasteiger partial charge in [0.2, 0.25) is 0 Å². The molecule has 0 bridgehead atoms. The van der Waals surface area contributed by atoms with E-state index in [1.54, 1.807) is 13.8 Å². The van der Waals surface area contributed by atoms with Crippen molar-refractivity contribution in [3.8, 4) is 5.75 Å². The summed E-state index contributed by atoms with van der Waals surface area (Å²) < 4.78 is 33.2. The van der Waals surface area contributed by atoms with E-state index in [0.29, 0.717) is 17.7 Å². The Labute approximate surface area is 129 Å². The van der Waals surface area contributed by atoms with Gasteiger partial charge in [0, 0.05) is 10.7 Å². The van der Waals surface area contributed by atoms with Crippen molar-refractivity contribution in [2.24, 2.45) is 0 Å². The molecule has 0 aliphatic carbocycles. The maximum atomic E-state index is 11.6. The van der Waals surface area contributed by atoms with Gasteiger partial charge in [0.05, 0.1) is 11.5 Å². The molecule has 0 aromatic heterocycles. The molecule has 0 aliphatic rings. The largest absolute Gasteiger partial charge is 0.479 e. The summed E-state index contributed by atoms with van der Waals surface area (Å²) in [6.07, 6.45) is 0.653. The first-order valence-electron chi connectivity index (χ1n) is 6.70. The van der Waals surface area contributed by atoms with Gasteiger partial charge in [0.15, 0.2) is 6.10 Å². The Morgan fingerprint density at radius 3 is 2.52 bits per heavy atom. The first-order chi connectivity index (χ1) is 9.79. The fraction of sp³-hybridized carbons (Fsp3) is 0.500. The van der Waals surface area contributed by atoms with Gasteiger partial charge in [-0.05, 0) is 44.0 Å². The molecule has 0 saturated carbocycles. The van der Waals surface area contributed by atoms with E-state index < -0.39 is 21.1 Å². The Balaban J connectivity index is 3.04. The quantitative estimate of drug-likeness (QED) is 0.566. The molecule has 0 radical (unpaired) electrons. The molecule has 1 aromatic carbocycles. The van der Waals surface area contributed by atoms with Crippen molar-refractivity contribution >= 4 is 25.7 Å². The molecule has 0 saturated heterocycles. The van der Waals surface area contributed by atoms with Crippen molar-refractivity contribution in [3.63, 3.8) is 0 Å². The van der Waals surface area contributed by atoms with Crippen LogP contribution in [0.5, 0.6) is 5.75 Å². The molecule has 0 amide bonds. The first-order valence-corrected chi connectivity index (χ1v) is 9.01. The van der Waals surface area contributed by atoms with Crippen molar-refractivity contribution in [2.75, 3.05) is 6.61 Å². The molecule has 1 atom stereocenters. The molecule has 1 aromatic rings. The van der Waals surface area contributed by atoms with Crippen molar-refractivity contribution in [1.82, 2.24) is 0 Å². The number of carbonyl (C=O) groups excluding carboxylic acids is 1. The maximum absolute atomic E-state index is 11.6. The Kier molecular flexibility index (Phi) is 6.48. The lowest BCUT2D eigenvalue weighted by Crippen LogP contribution is -2.26. The van der Waals surface area contributed by atoms with E-state index in [4.69, 9.17) is 20.2 Å². The fourth-order valence-electron chi connectivity index (χ4n) is 1.79. The first kappa shape index (κ1) is 17.8. The minimum absolute atomic E-state index is 0.0174. The summed E-state index contributed by atoms with van der Waals surface area (Å²) in [4.78, 5) is 11.6. The van der Waals surface area contributed by atoms with Crippen LogP contribution in [-0.4, -0.2) is 27.1 Å². The SMILES string of the molecule is CCCc1cc(S(=O)(=O)Cl)ccc1OC(C)C(=O)OCC. The smallest absolute Gasteiger partial charge is 0.347 e. The average Bonchev–Trinajstić information content (AvgIpc) is 2.40. The number of hydrogen-bond donors (Lipinski definition) is 0. The molecule has 1 rings (SSSR count). The van der Waals surface area contributed by atoms with E-state index in [2.05, 4.69) is 0 Å². The fourth-order valence-corrected chi connectivity index (χ4v) is 2.59. The van der Waals surface area contributed by atoms with Crippen LogP contribution in [0.4, 0.5) is 0 Å². The number of benzene rings is 1. The van der Waals surface area contributed by atoms with Crippen molar-refractivity contribution in [1.29, 1.82) is 0 Å². The average molecular weight is 335 g/mol. The molecular formula is C14H19ClO5S. The lowest BCUT2D eigenvalue weighted by atomic mass is 10.1. The monoisotopic (exact) mass is 334 g/mol. The van der Waals surface area contributed by atoms with Crippen molar-refractivity contribution in [2.45, 2.75) is 44.6 Å². The second-order valence-corrected chi connectivity index (χ2v) is 7.04. The molecule has 5 nitrogen and oxygen atoms in total. The van der Waals surface area contributed by atoms with Gasteiger partial charge in [-0.3, -0.25) is 0 Å². The van der Waals surface area contributed by atoms with E-state index in [1.165, 1.54) is 18.2 Å². The summed E-state index contributed by atoms with van der Waals surface area (Å²) in [6.45, 7) is 5.53. The number of esters is 1. The van der Waals surface area contributed by atoms with E-state index in [1.807, 2.05) is 6.92 Å². The summed E-state index contributed by atoms with van der Waals surface area (Å²) in [6, 6.07) is 4.34. The highest BCUT2D eigenvalue weighted by atomic mass is 35.7. The van der Waals surface area contributed by atoms with Crippen LogP contribution < -0.4 is 4.74 Å². The molecule has 21 heavy (non-hydrogen) atoms. The van der Waals surface area contributed by atoms with Gasteiger partial charge in [0.25, 0.3) is 9.05 Å². The van der Waals surface area contributed by atoms with E-state index in [-0.39, 0.29) is 11.5 Å². The third kappa shape index (κ3) is 5.21. The summed E-state index contributed by atoms with van der Waals surface area (Å²) in [7, 11) is 1.55. The number of ether oxygens (including phenoxy) is 2. The summed E-state index contributed by atoms with van der Waals surface area (Å²) in [5.41, 5.74) is 0.690. The van der Waals surface area contributed by atoms with Crippen LogP contribution >= 0.6 is 10.7 Å². The highest BCUT2D eigenvalue weighted by Crippen LogP contribution is 2.26. The highest BCUT2D eigenvalue weighted by Gasteiger charge is 2.19. The van der Waals surface area contributed by atoms with E-state index in [0.717, 1.165) is 6.42 Å². The second-order valence-electron chi connectivity index (χ2n) is 4.47. The molecular weight excluding hydrogens is 316 g/mol. The number of hydrogen-bond acceptors (Lipinski definition) is 5. The number of carbonyl (C=O) groups is 1. The Morgan fingerprint density at radius 1 is 1.33 bits per heavy atom. The normalized spacial score (nSPS) is 12.8. The molecule has 0 spiro atoms. The van der Waals surface area contributed by atoms with Crippen LogP contribution in [-0.2, 0) is 25.0 Å². The molecule has 1 unspecified atom stereocenters. The van der Waals surface area contributed by atoms with E-state index >= 15 is 0 Å². The predicted octanol–water partition coefficient (Wildman–Crippen LogP) is 2.90. The van der Waals surface area contributed by atoms with Gasteiger partial charge in [-0.25, -0.2) is 13.2 Å². The van der Waals surface area contributed by atoms with Gasteiger partial charge in [-0.2, -0.15) is 0 Å². The van der Waals surface area contributed by atoms with Gasteiger partial charge in [-0.1, -0.05) is 13.3 Å². The number of aryl methyl sites for hydroxylation is 1. The van der Waals surface area contributed by atoms with Crippen molar-refractivity contribution in [3.05, 3.63) is 23.8 Å². The zero-order chi connectivity index (χ0) is 16.0. The number of halogens is 1. The van der Waals surface area contributed by atoms with Gasteiger partial charge in [-0.15, -0.1) is 0 Å². The Bertz CT molecular complexity index is 597. The molecule has 0 heterocycles. The summed E-state index contributed by atoms with van der Waals surface area (Å²) in [5.74, 6) is -0.00420. The third-order valence-corrected chi connectivity index (χ3v) is 4.11. The molecule has 0 fully saturated rings. The lowest BCUT2D eigenvalue weighted by Gasteiger charge is -2.16. The van der Waals surface area contributed by atoms with Gasteiger partial charge < -0.3 is 9.47 Å². The Morgan fingerprint density at radius 2 is 2.00 bits per heavy atom. The molecule has 118 valence electrons. The van der Waals surface area contributed by atoms with Crippen LogP contribution in [0.3, 0.4) is 0 Å². The molecule has 7 heteroatoms. The second kappa shape index (κ2) is 7.66. The zero-order valence-electron chi connectivity index (χ0n) is 12.3. The topological polar surface area (TPSA) is 69.7 Å². The Hall–Kier alpha value is -1.27. The maximum Gasteiger partial charge on any atom is 0.347 e. The van der Waals surface area contributed by atoms with Gasteiger partial charge >= 0.3 is 5.97 Å². The van der Waals surface area contributed by atoms with Crippen LogP contribution in [0.25, 0.3) is 0 Å². The minimum Gasteiger partial charge on any atom is -0.479 e. The van der Waals surface area contributed by atoms with Crippen LogP contribution in [0.2, 0.25) is 0 Å². The van der Waals surface area contributed by atoms with E-state index in [9.17, 15) is 13.2 Å². The highest BCUT2D eigenvalue weighted by molar-refractivity contribution is 8.13. The van der Waals surface area contributed by atoms with Crippen LogP contribution in [0.1, 0.15) is 32.8 Å². The minimum atomic E-state index is -3.79. The van der Waals surface area contributed by atoms with Gasteiger partial charge in [0.1, 0.15) is 5.75 Å². The summed E-state index contributed by atoms with van der Waals surface area (Å²) in [5, 5.41) is 0. The molecule has 0 N–H and O–H groups in total. The zero-order valence-corrected chi connectivity index (χ0v) is 13.8. The van der Waals surface area contributed by atoms with Crippen LogP contribution in [0.15, 0.2) is 23.1 Å². The summed E-state index contributed by atoms with van der Waals surface area (Å²) >= 11 is 0. The van der Waals surface area contributed by atoms with Crippen molar-refractivity contribution < 1.29 is 22.7 Å². The third-order valence-electron chi connectivity index (χ3n) is 2.76. The molecule has 0 aliphatic heterocycles. The van der Waals surface area contributed by atoms with Crippen LogP contribution in [0, 0.1) is 0 Å².